The lowest BCUT2D eigenvalue weighted by Crippen LogP contribution is -2.48. The third-order valence-corrected chi connectivity index (χ3v) is 4.27. The van der Waals surface area contributed by atoms with Crippen molar-refractivity contribution < 1.29 is 5.11 Å². The van der Waals surface area contributed by atoms with Crippen LogP contribution in [0.3, 0.4) is 0 Å². The van der Waals surface area contributed by atoms with Crippen molar-refractivity contribution in [3.8, 4) is 0 Å². The van der Waals surface area contributed by atoms with Crippen molar-refractivity contribution >= 4 is 0 Å². The van der Waals surface area contributed by atoms with E-state index in [0.717, 1.165) is 6.42 Å². The van der Waals surface area contributed by atoms with E-state index in [1.807, 2.05) is 0 Å². The van der Waals surface area contributed by atoms with Crippen molar-refractivity contribution in [2.45, 2.75) is 67.9 Å². The van der Waals surface area contributed by atoms with E-state index in [0.29, 0.717) is 0 Å². The second kappa shape index (κ2) is 3.84. The van der Waals surface area contributed by atoms with Gasteiger partial charge in [-0.25, -0.2) is 0 Å². The molecule has 0 spiro atoms. The van der Waals surface area contributed by atoms with Gasteiger partial charge in [-0.15, -0.1) is 0 Å². The Labute approximate surface area is 89.9 Å². The van der Waals surface area contributed by atoms with E-state index in [9.17, 15) is 5.11 Å². The summed E-state index contributed by atoms with van der Waals surface area (Å²) in [5.74, 6) is 0. The lowest BCUT2D eigenvalue weighted by Gasteiger charge is -2.48. The Kier molecular flexibility index (Phi) is 3.83. The first-order chi connectivity index (χ1) is 5.97. The molecule has 0 bridgehead atoms. The summed E-state index contributed by atoms with van der Waals surface area (Å²) < 4.78 is 0. The van der Waals surface area contributed by atoms with E-state index in [4.69, 9.17) is 0 Å². The Morgan fingerprint density at radius 3 is 1.50 bits per heavy atom. The van der Waals surface area contributed by atoms with Gasteiger partial charge in [0.1, 0.15) is 0 Å². The molecule has 1 atom stereocenters. The molecule has 1 unspecified atom stereocenters. The number of hydrogen-bond acceptors (Lipinski definition) is 1. The summed E-state index contributed by atoms with van der Waals surface area (Å²) in [7, 11) is 0. The van der Waals surface area contributed by atoms with Crippen LogP contribution in [0, 0.1) is 16.2 Å². The summed E-state index contributed by atoms with van der Waals surface area (Å²) in [6.07, 6.45) is 0.744. The molecule has 0 heterocycles. The molecule has 0 aromatic carbocycles. The summed E-state index contributed by atoms with van der Waals surface area (Å²) in [6.45, 7) is 17.3. The van der Waals surface area contributed by atoms with Crippen LogP contribution < -0.4 is 0 Å². The molecule has 0 aromatic heterocycles. The summed E-state index contributed by atoms with van der Waals surface area (Å²) in [4.78, 5) is 0. The van der Waals surface area contributed by atoms with Gasteiger partial charge in [0.25, 0.3) is 0 Å². The Balaban J connectivity index is 4.94. The molecule has 86 valence electrons. The molecule has 0 amide bonds. The molecule has 0 saturated carbocycles. The quantitative estimate of drug-likeness (QED) is 0.733. The number of aliphatic hydroxyl groups is 1. The van der Waals surface area contributed by atoms with Gasteiger partial charge in [-0.3, -0.25) is 0 Å². The minimum absolute atomic E-state index is 0.00319. The molecule has 0 aromatic rings. The lowest BCUT2D eigenvalue weighted by atomic mass is 9.59. The molecule has 0 saturated heterocycles. The van der Waals surface area contributed by atoms with Crippen LogP contribution in [-0.4, -0.2) is 11.2 Å². The van der Waals surface area contributed by atoms with Crippen LogP contribution >= 0.6 is 0 Å². The minimum Gasteiger partial charge on any atom is -0.392 e. The van der Waals surface area contributed by atoms with E-state index >= 15 is 0 Å². The number of hydrogen-bond donors (Lipinski definition) is 1. The summed E-state index contributed by atoms with van der Waals surface area (Å²) in [5.41, 5.74) is 0.0577. The standard InChI is InChI=1S/C13H28O/c1-9-12(5,6)10(14)13(7,8)11(2,3)4/h10,14H,9H2,1-8H3. The first-order valence-corrected chi connectivity index (χ1v) is 5.65. The molecule has 0 aliphatic rings. The van der Waals surface area contributed by atoms with Crippen LogP contribution in [0.4, 0.5) is 0 Å². The Hall–Kier alpha value is -0.0400. The van der Waals surface area contributed by atoms with E-state index in [2.05, 4.69) is 55.4 Å². The van der Waals surface area contributed by atoms with Crippen molar-refractivity contribution in [2.75, 3.05) is 0 Å². The molecule has 0 aliphatic carbocycles. The molecule has 0 radical (unpaired) electrons. The fraction of sp³-hybridized carbons (Fsp3) is 1.00. The van der Waals surface area contributed by atoms with Gasteiger partial charge < -0.3 is 5.11 Å². The normalized spacial score (nSPS) is 16.9. The largest absolute Gasteiger partial charge is 0.392 e. The SMILES string of the molecule is CCC(C)(C)C(O)C(C)(C)C(C)(C)C. The zero-order chi connectivity index (χ0) is 11.8. The Morgan fingerprint density at radius 2 is 1.29 bits per heavy atom. The van der Waals surface area contributed by atoms with Gasteiger partial charge >= 0.3 is 0 Å². The van der Waals surface area contributed by atoms with Crippen LogP contribution in [0.1, 0.15) is 61.8 Å². The molecule has 0 rings (SSSR count). The van der Waals surface area contributed by atoms with Gasteiger partial charge in [-0.05, 0) is 22.7 Å². The van der Waals surface area contributed by atoms with Crippen molar-refractivity contribution in [3.63, 3.8) is 0 Å². The molecule has 0 fully saturated rings. The number of aliphatic hydroxyl groups excluding tert-OH is 1. The lowest BCUT2D eigenvalue weighted by molar-refractivity contribution is -0.0935. The molecule has 0 aliphatic heterocycles. The van der Waals surface area contributed by atoms with E-state index < -0.39 is 0 Å². The van der Waals surface area contributed by atoms with Gasteiger partial charge in [0.05, 0.1) is 6.10 Å². The fourth-order valence-corrected chi connectivity index (χ4v) is 1.58. The minimum atomic E-state index is -0.264. The monoisotopic (exact) mass is 200 g/mol. The molecule has 1 nitrogen and oxygen atoms in total. The van der Waals surface area contributed by atoms with E-state index in [1.165, 1.54) is 0 Å². The van der Waals surface area contributed by atoms with Crippen molar-refractivity contribution in [3.05, 3.63) is 0 Å². The predicted molar refractivity (Wildman–Crippen MR) is 63.3 cm³/mol. The second-order valence-electron chi connectivity index (χ2n) is 6.72. The van der Waals surface area contributed by atoms with Crippen LogP contribution in [0.25, 0.3) is 0 Å². The average Bonchev–Trinajstić information content (AvgIpc) is 2.01. The highest BCUT2D eigenvalue weighted by atomic mass is 16.3. The molecule has 1 heteroatoms. The Bertz CT molecular complexity index is 184. The fourth-order valence-electron chi connectivity index (χ4n) is 1.58. The highest BCUT2D eigenvalue weighted by Gasteiger charge is 2.45. The third kappa shape index (κ3) is 2.50. The smallest absolute Gasteiger partial charge is 0.0646 e. The molecular formula is C13H28O. The van der Waals surface area contributed by atoms with Crippen LogP contribution in [0.2, 0.25) is 0 Å². The first-order valence-electron chi connectivity index (χ1n) is 5.65. The highest BCUT2D eigenvalue weighted by Crippen LogP contribution is 2.47. The topological polar surface area (TPSA) is 20.2 Å². The van der Waals surface area contributed by atoms with Crippen molar-refractivity contribution in [1.29, 1.82) is 0 Å². The first kappa shape index (κ1) is 14.0. The van der Waals surface area contributed by atoms with E-state index in [1.54, 1.807) is 0 Å². The molecular weight excluding hydrogens is 172 g/mol. The van der Waals surface area contributed by atoms with Crippen molar-refractivity contribution in [1.82, 2.24) is 0 Å². The number of rotatable bonds is 3. The van der Waals surface area contributed by atoms with Gasteiger partial charge in [0, 0.05) is 0 Å². The zero-order valence-corrected chi connectivity index (χ0v) is 11.2. The summed E-state index contributed by atoms with van der Waals surface area (Å²) >= 11 is 0. The summed E-state index contributed by atoms with van der Waals surface area (Å²) in [6, 6.07) is 0. The third-order valence-electron chi connectivity index (χ3n) is 4.27. The zero-order valence-electron chi connectivity index (χ0n) is 11.2. The van der Waals surface area contributed by atoms with Gasteiger partial charge in [0.2, 0.25) is 0 Å². The van der Waals surface area contributed by atoms with Crippen LogP contribution in [0.15, 0.2) is 0 Å². The highest BCUT2D eigenvalue weighted by molar-refractivity contribution is 4.94. The van der Waals surface area contributed by atoms with E-state index in [-0.39, 0.29) is 22.3 Å². The Morgan fingerprint density at radius 1 is 0.929 bits per heavy atom. The summed E-state index contributed by atoms with van der Waals surface area (Å²) in [5, 5.41) is 10.4. The molecule has 14 heavy (non-hydrogen) atoms. The average molecular weight is 200 g/mol. The second-order valence-corrected chi connectivity index (χ2v) is 6.72. The predicted octanol–water partition coefficient (Wildman–Crippen LogP) is 3.86. The van der Waals surface area contributed by atoms with Gasteiger partial charge in [-0.2, -0.15) is 0 Å². The van der Waals surface area contributed by atoms with Gasteiger partial charge in [-0.1, -0.05) is 55.4 Å². The maximum Gasteiger partial charge on any atom is 0.0646 e. The van der Waals surface area contributed by atoms with Crippen LogP contribution in [0.5, 0.6) is 0 Å². The van der Waals surface area contributed by atoms with Crippen LogP contribution in [-0.2, 0) is 0 Å². The molecule has 1 N–H and O–H groups in total. The van der Waals surface area contributed by atoms with Gasteiger partial charge in [0.15, 0.2) is 0 Å². The van der Waals surface area contributed by atoms with Crippen molar-refractivity contribution in [2.24, 2.45) is 16.2 Å². The maximum atomic E-state index is 10.4. The maximum absolute atomic E-state index is 10.4.